The summed E-state index contributed by atoms with van der Waals surface area (Å²) in [6, 6.07) is 7.91. The Morgan fingerprint density at radius 1 is 0.850 bits per heavy atom. The number of benzene rings is 2. The van der Waals surface area contributed by atoms with Crippen molar-refractivity contribution in [2.75, 3.05) is 14.2 Å². The van der Waals surface area contributed by atoms with E-state index < -0.39 is 23.0 Å². The fourth-order valence-corrected chi connectivity index (χ4v) is 1.91. The van der Waals surface area contributed by atoms with Gasteiger partial charge in [0.25, 0.3) is 0 Å². The molecule has 0 saturated carbocycles. The van der Waals surface area contributed by atoms with E-state index in [1.165, 1.54) is 32.4 Å². The Morgan fingerprint density at radius 2 is 1.30 bits per heavy atom. The van der Waals surface area contributed by atoms with E-state index in [0.29, 0.717) is 0 Å². The van der Waals surface area contributed by atoms with Crippen molar-refractivity contribution in [2.45, 2.75) is 0 Å². The first kappa shape index (κ1) is 14.0. The zero-order valence-corrected chi connectivity index (χ0v) is 10.9. The number of ether oxygens (including phenoxy) is 2. The molecule has 0 fully saturated rings. The summed E-state index contributed by atoms with van der Waals surface area (Å²) in [5, 5.41) is 0. The van der Waals surface area contributed by atoms with Crippen LogP contribution in [0.1, 0.15) is 15.9 Å². The van der Waals surface area contributed by atoms with Gasteiger partial charge in [-0.15, -0.1) is 0 Å². The summed E-state index contributed by atoms with van der Waals surface area (Å²) < 4.78 is 37.6. The Bertz CT molecular complexity index is 611. The molecule has 0 unspecified atom stereocenters. The summed E-state index contributed by atoms with van der Waals surface area (Å²) in [7, 11) is 2.73. The van der Waals surface area contributed by atoms with Gasteiger partial charge in [0.05, 0.1) is 19.8 Å². The third kappa shape index (κ3) is 2.34. The molecule has 0 aliphatic rings. The maximum absolute atomic E-state index is 13.7. The van der Waals surface area contributed by atoms with Gasteiger partial charge < -0.3 is 9.47 Å². The number of hydrogen-bond acceptors (Lipinski definition) is 3. The predicted octanol–water partition coefficient (Wildman–Crippen LogP) is 3.21. The van der Waals surface area contributed by atoms with E-state index in [-0.39, 0.29) is 17.1 Å². The Kier molecular flexibility index (Phi) is 3.98. The van der Waals surface area contributed by atoms with Crippen LogP contribution in [0.25, 0.3) is 0 Å². The lowest BCUT2D eigenvalue weighted by Crippen LogP contribution is -2.10. The molecule has 0 aliphatic heterocycles. The molecular formula is C15H12F2O3. The molecule has 0 N–H and O–H groups in total. The number of methoxy groups -OCH3 is 2. The third-order valence-electron chi connectivity index (χ3n) is 2.84. The molecule has 0 aromatic heterocycles. The van der Waals surface area contributed by atoms with Crippen LogP contribution >= 0.6 is 0 Å². The van der Waals surface area contributed by atoms with E-state index in [2.05, 4.69) is 0 Å². The molecule has 2 rings (SSSR count). The molecule has 0 radical (unpaired) electrons. The molecule has 2 aromatic carbocycles. The highest BCUT2D eigenvalue weighted by atomic mass is 19.1. The predicted molar refractivity (Wildman–Crippen MR) is 69.3 cm³/mol. The van der Waals surface area contributed by atoms with Crippen molar-refractivity contribution in [3.8, 4) is 11.5 Å². The Balaban J connectivity index is 2.65. The molecule has 0 spiro atoms. The van der Waals surface area contributed by atoms with Gasteiger partial charge in [0.15, 0.2) is 0 Å². The topological polar surface area (TPSA) is 35.5 Å². The second-order valence-corrected chi connectivity index (χ2v) is 3.96. The highest BCUT2D eigenvalue weighted by Gasteiger charge is 2.25. The third-order valence-corrected chi connectivity index (χ3v) is 2.84. The number of hydrogen-bond donors (Lipinski definition) is 0. The van der Waals surface area contributed by atoms with Crippen LogP contribution in [0.4, 0.5) is 8.78 Å². The number of halogens is 2. The standard InChI is InChI=1S/C15H12F2O3/c1-19-11-7-4-8-12(20-2)14(11)15(18)13-9(16)5-3-6-10(13)17/h3-8H,1-2H3. The summed E-state index contributed by atoms with van der Waals surface area (Å²) in [5.74, 6) is -2.30. The molecule has 0 bridgehead atoms. The average Bonchev–Trinajstić information content (AvgIpc) is 2.45. The minimum absolute atomic E-state index is 0.0125. The lowest BCUT2D eigenvalue weighted by atomic mass is 10.0. The van der Waals surface area contributed by atoms with Crippen LogP contribution in [0.3, 0.4) is 0 Å². The monoisotopic (exact) mass is 278 g/mol. The van der Waals surface area contributed by atoms with Crippen molar-refractivity contribution < 1.29 is 23.0 Å². The van der Waals surface area contributed by atoms with Gasteiger partial charge >= 0.3 is 0 Å². The molecule has 20 heavy (non-hydrogen) atoms. The summed E-state index contributed by atoms with van der Waals surface area (Å²) in [4.78, 5) is 12.4. The zero-order valence-electron chi connectivity index (χ0n) is 10.9. The van der Waals surface area contributed by atoms with Crippen LogP contribution < -0.4 is 9.47 Å². The highest BCUT2D eigenvalue weighted by Crippen LogP contribution is 2.31. The molecule has 5 heteroatoms. The highest BCUT2D eigenvalue weighted by molar-refractivity contribution is 6.12. The summed E-state index contributed by atoms with van der Waals surface area (Å²) in [6.07, 6.45) is 0. The second-order valence-electron chi connectivity index (χ2n) is 3.96. The lowest BCUT2D eigenvalue weighted by molar-refractivity contribution is 0.102. The van der Waals surface area contributed by atoms with Crippen molar-refractivity contribution >= 4 is 5.78 Å². The Morgan fingerprint density at radius 3 is 1.75 bits per heavy atom. The van der Waals surface area contributed by atoms with Crippen LogP contribution in [0.5, 0.6) is 11.5 Å². The number of ketones is 1. The first-order chi connectivity index (χ1) is 9.60. The lowest BCUT2D eigenvalue weighted by Gasteiger charge is -2.12. The maximum atomic E-state index is 13.7. The van der Waals surface area contributed by atoms with Gasteiger partial charge in [0, 0.05) is 0 Å². The minimum atomic E-state index is -0.928. The van der Waals surface area contributed by atoms with Gasteiger partial charge in [0.1, 0.15) is 28.7 Å². The van der Waals surface area contributed by atoms with Gasteiger partial charge in [-0.25, -0.2) is 8.78 Å². The molecule has 104 valence electrons. The van der Waals surface area contributed by atoms with E-state index in [1.54, 1.807) is 6.07 Å². The summed E-state index contributed by atoms with van der Waals surface area (Å²) in [5.41, 5.74) is -0.642. The van der Waals surface area contributed by atoms with Gasteiger partial charge in [-0.3, -0.25) is 4.79 Å². The molecular weight excluding hydrogens is 266 g/mol. The average molecular weight is 278 g/mol. The normalized spacial score (nSPS) is 10.2. The van der Waals surface area contributed by atoms with E-state index >= 15 is 0 Å². The van der Waals surface area contributed by atoms with Gasteiger partial charge in [-0.2, -0.15) is 0 Å². The van der Waals surface area contributed by atoms with E-state index in [1.807, 2.05) is 0 Å². The largest absolute Gasteiger partial charge is 0.496 e. The fourth-order valence-electron chi connectivity index (χ4n) is 1.91. The second kappa shape index (κ2) is 5.69. The minimum Gasteiger partial charge on any atom is -0.496 e. The van der Waals surface area contributed by atoms with Crippen LogP contribution in [0.15, 0.2) is 36.4 Å². The van der Waals surface area contributed by atoms with E-state index in [9.17, 15) is 13.6 Å². The quantitative estimate of drug-likeness (QED) is 0.806. The molecule has 3 nitrogen and oxygen atoms in total. The maximum Gasteiger partial charge on any atom is 0.206 e. The molecule has 0 saturated heterocycles. The van der Waals surface area contributed by atoms with Crippen LogP contribution in [0.2, 0.25) is 0 Å². The Hall–Kier alpha value is -2.43. The first-order valence-electron chi connectivity index (χ1n) is 5.79. The zero-order chi connectivity index (χ0) is 14.7. The van der Waals surface area contributed by atoms with Gasteiger partial charge in [-0.1, -0.05) is 12.1 Å². The molecule has 0 heterocycles. The Labute approximate surface area is 114 Å². The molecule has 0 atom stereocenters. The van der Waals surface area contributed by atoms with Crippen molar-refractivity contribution in [1.29, 1.82) is 0 Å². The molecule has 0 amide bonds. The number of carbonyl (C=O) groups excluding carboxylic acids is 1. The smallest absolute Gasteiger partial charge is 0.206 e. The summed E-state index contributed by atoms with van der Waals surface area (Å²) >= 11 is 0. The molecule has 2 aromatic rings. The van der Waals surface area contributed by atoms with Crippen molar-refractivity contribution in [3.05, 3.63) is 59.2 Å². The van der Waals surface area contributed by atoms with Gasteiger partial charge in [-0.05, 0) is 24.3 Å². The SMILES string of the molecule is COc1cccc(OC)c1C(=O)c1c(F)cccc1F. The molecule has 0 aliphatic carbocycles. The number of rotatable bonds is 4. The van der Waals surface area contributed by atoms with Gasteiger partial charge in [0.2, 0.25) is 5.78 Å². The van der Waals surface area contributed by atoms with E-state index in [4.69, 9.17) is 9.47 Å². The van der Waals surface area contributed by atoms with Crippen molar-refractivity contribution in [3.63, 3.8) is 0 Å². The van der Waals surface area contributed by atoms with Crippen molar-refractivity contribution in [2.24, 2.45) is 0 Å². The van der Waals surface area contributed by atoms with Crippen LogP contribution in [-0.2, 0) is 0 Å². The summed E-state index contributed by atoms with van der Waals surface area (Å²) in [6.45, 7) is 0. The van der Waals surface area contributed by atoms with Crippen LogP contribution in [0, 0.1) is 11.6 Å². The number of carbonyl (C=O) groups is 1. The fraction of sp³-hybridized carbons (Fsp3) is 0.133. The van der Waals surface area contributed by atoms with E-state index in [0.717, 1.165) is 12.1 Å². The van der Waals surface area contributed by atoms with Crippen LogP contribution in [-0.4, -0.2) is 20.0 Å². The first-order valence-corrected chi connectivity index (χ1v) is 5.79. The van der Waals surface area contributed by atoms with Crippen molar-refractivity contribution in [1.82, 2.24) is 0 Å².